The summed E-state index contributed by atoms with van der Waals surface area (Å²) in [5.41, 5.74) is 10.6. The molecule has 2 N–H and O–H groups in total. The lowest BCUT2D eigenvalue weighted by molar-refractivity contribution is 0.302. The fourth-order valence-corrected chi connectivity index (χ4v) is 2.64. The van der Waals surface area contributed by atoms with Crippen LogP contribution < -0.4 is 10.5 Å². The first-order chi connectivity index (χ1) is 10.1. The minimum Gasteiger partial charge on any atom is -0.488 e. The van der Waals surface area contributed by atoms with Crippen LogP contribution >= 0.6 is 0 Å². The van der Waals surface area contributed by atoms with Crippen molar-refractivity contribution in [3.63, 3.8) is 0 Å². The standard InChI is InChI=1S/C19H25NO/c1-14(9-10-20)18-11-15(2)19(16(3)12-18)21-13-17-7-5-4-6-8-17/h4-8,11-12,14H,9-10,13,20H2,1-3H3. The van der Waals surface area contributed by atoms with Crippen LogP contribution in [-0.4, -0.2) is 6.54 Å². The van der Waals surface area contributed by atoms with E-state index in [1.165, 1.54) is 22.3 Å². The van der Waals surface area contributed by atoms with Crippen LogP contribution in [0.3, 0.4) is 0 Å². The summed E-state index contributed by atoms with van der Waals surface area (Å²) in [5, 5.41) is 0. The Morgan fingerprint density at radius 2 is 1.67 bits per heavy atom. The Labute approximate surface area is 127 Å². The normalized spacial score (nSPS) is 12.2. The second kappa shape index (κ2) is 7.28. The SMILES string of the molecule is Cc1cc(C(C)CCN)cc(C)c1OCc1ccccc1. The molecule has 112 valence electrons. The fourth-order valence-electron chi connectivity index (χ4n) is 2.64. The molecule has 21 heavy (non-hydrogen) atoms. The largest absolute Gasteiger partial charge is 0.488 e. The molecular formula is C19H25NO. The molecule has 0 saturated carbocycles. The topological polar surface area (TPSA) is 35.2 Å². The van der Waals surface area contributed by atoms with Gasteiger partial charge in [-0.15, -0.1) is 0 Å². The van der Waals surface area contributed by atoms with Crippen molar-refractivity contribution in [1.82, 2.24) is 0 Å². The van der Waals surface area contributed by atoms with Gasteiger partial charge >= 0.3 is 0 Å². The molecular weight excluding hydrogens is 258 g/mol. The number of hydrogen-bond acceptors (Lipinski definition) is 2. The van der Waals surface area contributed by atoms with Crippen LogP contribution in [0, 0.1) is 13.8 Å². The quantitative estimate of drug-likeness (QED) is 0.856. The maximum absolute atomic E-state index is 6.02. The second-order valence-corrected chi connectivity index (χ2v) is 5.74. The van der Waals surface area contributed by atoms with Crippen molar-refractivity contribution in [3.8, 4) is 5.75 Å². The van der Waals surface area contributed by atoms with Crippen LogP contribution in [0.2, 0.25) is 0 Å². The molecule has 2 rings (SSSR count). The third-order valence-electron chi connectivity index (χ3n) is 3.88. The molecule has 2 nitrogen and oxygen atoms in total. The molecule has 1 atom stereocenters. The van der Waals surface area contributed by atoms with Gasteiger partial charge in [-0.3, -0.25) is 0 Å². The minimum absolute atomic E-state index is 0.496. The van der Waals surface area contributed by atoms with Crippen molar-refractivity contribution in [1.29, 1.82) is 0 Å². The Bertz CT molecular complexity index is 554. The fraction of sp³-hybridized carbons (Fsp3) is 0.368. The van der Waals surface area contributed by atoms with E-state index in [1.807, 2.05) is 18.2 Å². The molecule has 0 aliphatic carbocycles. The number of nitrogens with two attached hydrogens (primary N) is 1. The second-order valence-electron chi connectivity index (χ2n) is 5.74. The van der Waals surface area contributed by atoms with Crippen molar-refractivity contribution >= 4 is 0 Å². The summed E-state index contributed by atoms with van der Waals surface area (Å²) in [6.45, 7) is 7.80. The van der Waals surface area contributed by atoms with E-state index >= 15 is 0 Å². The maximum atomic E-state index is 6.02. The summed E-state index contributed by atoms with van der Waals surface area (Å²) in [6.07, 6.45) is 1.02. The predicted molar refractivity (Wildman–Crippen MR) is 88.8 cm³/mol. The smallest absolute Gasteiger partial charge is 0.125 e. The molecule has 2 heteroatoms. The van der Waals surface area contributed by atoms with Gasteiger partial charge in [0.05, 0.1) is 0 Å². The summed E-state index contributed by atoms with van der Waals surface area (Å²) < 4.78 is 6.02. The molecule has 2 aromatic rings. The zero-order chi connectivity index (χ0) is 15.2. The Morgan fingerprint density at radius 1 is 1.05 bits per heavy atom. The molecule has 0 spiro atoms. The highest BCUT2D eigenvalue weighted by Gasteiger charge is 2.11. The molecule has 0 aliphatic rings. The first-order valence-corrected chi connectivity index (χ1v) is 7.59. The number of aryl methyl sites for hydroxylation is 2. The van der Waals surface area contributed by atoms with E-state index in [0.29, 0.717) is 12.5 Å². The van der Waals surface area contributed by atoms with Gasteiger partial charge in [-0.25, -0.2) is 0 Å². The summed E-state index contributed by atoms with van der Waals surface area (Å²) in [4.78, 5) is 0. The third-order valence-corrected chi connectivity index (χ3v) is 3.88. The molecule has 0 aromatic heterocycles. The van der Waals surface area contributed by atoms with Crippen LogP contribution in [0.1, 0.15) is 41.5 Å². The molecule has 0 bridgehead atoms. The third kappa shape index (κ3) is 4.08. The van der Waals surface area contributed by atoms with E-state index in [-0.39, 0.29) is 0 Å². The average molecular weight is 283 g/mol. The molecule has 0 amide bonds. The van der Waals surface area contributed by atoms with Gasteiger partial charge in [0.1, 0.15) is 12.4 Å². The van der Waals surface area contributed by atoms with Gasteiger partial charge in [-0.2, -0.15) is 0 Å². The summed E-state index contributed by atoms with van der Waals surface area (Å²) in [6, 6.07) is 14.7. The molecule has 0 fully saturated rings. The van der Waals surface area contributed by atoms with Crippen molar-refractivity contribution in [3.05, 3.63) is 64.7 Å². The Hall–Kier alpha value is -1.80. The first-order valence-electron chi connectivity index (χ1n) is 7.59. The highest BCUT2D eigenvalue weighted by Crippen LogP contribution is 2.29. The molecule has 0 aliphatic heterocycles. The van der Waals surface area contributed by atoms with Crippen LogP contribution in [0.15, 0.2) is 42.5 Å². The van der Waals surface area contributed by atoms with Gasteiger partial charge < -0.3 is 10.5 Å². The van der Waals surface area contributed by atoms with Crippen LogP contribution in [0.4, 0.5) is 0 Å². The molecule has 0 heterocycles. The van der Waals surface area contributed by atoms with Crippen LogP contribution in [-0.2, 0) is 6.61 Å². The predicted octanol–water partition coefficient (Wildman–Crippen LogP) is 4.33. The number of benzene rings is 2. The summed E-state index contributed by atoms with van der Waals surface area (Å²) >= 11 is 0. The Balaban J connectivity index is 2.13. The average Bonchev–Trinajstić information content (AvgIpc) is 2.47. The zero-order valence-electron chi connectivity index (χ0n) is 13.2. The van der Waals surface area contributed by atoms with E-state index in [0.717, 1.165) is 18.7 Å². The zero-order valence-corrected chi connectivity index (χ0v) is 13.2. The maximum Gasteiger partial charge on any atom is 0.125 e. The van der Waals surface area contributed by atoms with E-state index in [9.17, 15) is 0 Å². The van der Waals surface area contributed by atoms with Gasteiger partial charge in [0.2, 0.25) is 0 Å². The van der Waals surface area contributed by atoms with Crippen molar-refractivity contribution in [2.24, 2.45) is 5.73 Å². The van der Waals surface area contributed by atoms with Gasteiger partial charge in [0.15, 0.2) is 0 Å². The van der Waals surface area contributed by atoms with Gasteiger partial charge in [-0.1, -0.05) is 49.4 Å². The lowest BCUT2D eigenvalue weighted by Crippen LogP contribution is -2.06. The number of ether oxygens (including phenoxy) is 1. The number of hydrogen-bond donors (Lipinski definition) is 1. The summed E-state index contributed by atoms with van der Waals surface area (Å²) in [5.74, 6) is 1.50. The Kier molecular flexibility index (Phi) is 5.40. The first kappa shape index (κ1) is 15.6. The minimum atomic E-state index is 0.496. The van der Waals surface area contributed by atoms with Crippen molar-refractivity contribution < 1.29 is 4.74 Å². The lowest BCUT2D eigenvalue weighted by Gasteiger charge is -2.17. The van der Waals surface area contributed by atoms with E-state index in [1.54, 1.807) is 0 Å². The van der Waals surface area contributed by atoms with Gasteiger partial charge in [0.25, 0.3) is 0 Å². The van der Waals surface area contributed by atoms with Crippen LogP contribution in [0.5, 0.6) is 5.75 Å². The van der Waals surface area contributed by atoms with E-state index in [2.05, 4.69) is 45.0 Å². The molecule has 0 saturated heterocycles. The summed E-state index contributed by atoms with van der Waals surface area (Å²) in [7, 11) is 0. The van der Waals surface area contributed by atoms with Gasteiger partial charge in [-0.05, 0) is 55.0 Å². The number of rotatable bonds is 6. The monoisotopic (exact) mass is 283 g/mol. The van der Waals surface area contributed by atoms with Crippen molar-refractivity contribution in [2.75, 3.05) is 6.54 Å². The molecule has 1 unspecified atom stereocenters. The Morgan fingerprint density at radius 3 is 2.24 bits per heavy atom. The highest BCUT2D eigenvalue weighted by molar-refractivity contribution is 5.44. The van der Waals surface area contributed by atoms with E-state index in [4.69, 9.17) is 10.5 Å². The molecule has 2 aromatic carbocycles. The van der Waals surface area contributed by atoms with E-state index < -0.39 is 0 Å². The van der Waals surface area contributed by atoms with Gasteiger partial charge in [0, 0.05) is 0 Å². The lowest BCUT2D eigenvalue weighted by atomic mass is 9.94. The highest BCUT2D eigenvalue weighted by atomic mass is 16.5. The van der Waals surface area contributed by atoms with Crippen molar-refractivity contribution in [2.45, 2.75) is 39.7 Å². The van der Waals surface area contributed by atoms with Crippen LogP contribution in [0.25, 0.3) is 0 Å². The molecule has 0 radical (unpaired) electrons.